The molecule has 2 aromatic carbocycles. The minimum Gasteiger partial charge on any atom is -0.330 e. The van der Waals surface area contributed by atoms with E-state index in [1.165, 1.54) is 23.1 Å². The second-order valence-corrected chi connectivity index (χ2v) is 5.29. The van der Waals surface area contributed by atoms with Crippen LogP contribution in [0.1, 0.15) is 25.3 Å². The second kappa shape index (κ2) is 7.10. The molecular formula is C18H23N. The lowest BCUT2D eigenvalue weighted by atomic mass is 9.96. The molecule has 1 atom stereocenters. The van der Waals surface area contributed by atoms with Crippen LogP contribution in [-0.4, -0.2) is 6.54 Å². The van der Waals surface area contributed by atoms with Gasteiger partial charge in [-0.05, 0) is 48.4 Å². The maximum absolute atomic E-state index is 5.60. The summed E-state index contributed by atoms with van der Waals surface area (Å²) in [4.78, 5) is 0. The van der Waals surface area contributed by atoms with Crippen LogP contribution >= 0.6 is 0 Å². The van der Waals surface area contributed by atoms with Gasteiger partial charge >= 0.3 is 0 Å². The monoisotopic (exact) mass is 253 g/mol. The van der Waals surface area contributed by atoms with Crippen LogP contribution in [-0.2, 0) is 6.42 Å². The highest BCUT2D eigenvalue weighted by Crippen LogP contribution is 2.21. The molecule has 100 valence electrons. The van der Waals surface area contributed by atoms with E-state index in [0.29, 0.717) is 5.92 Å². The predicted octanol–water partition coefficient (Wildman–Crippen LogP) is 4.27. The summed E-state index contributed by atoms with van der Waals surface area (Å²) < 4.78 is 0. The lowest BCUT2D eigenvalue weighted by Gasteiger charge is -2.10. The fraction of sp³-hybridized carbons (Fsp3) is 0.333. The summed E-state index contributed by atoms with van der Waals surface area (Å²) in [6, 6.07) is 19.4. The fourth-order valence-corrected chi connectivity index (χ4v) is 2.38. The molecule has 1 unspecified atom stereocenters. The zero-order valence-corrected chi connectivity index (χ0v) is 11.7. The van der Waals surface area contributed by atoms with Gasteiger partial charge in [0.05, 0.1) is 0 Å². The first-order valence-electron chi connectivity index (χ1n) is 7.14. The average molecular weight is 253 g/mol. The Balaban J connectivity index is 2.04. The number of rotatable bonds is 6. The molecule has 0 aromatic heterocycles. The van der Waals surface area contributed by atoms with E-state index in [9.17, 15) is 0 Å². The normalized spacial score (nSPS) is 12.3. The van der Waals surface area contributed by atoms with Crippen molar-refractivity contribution in [1.29, 1.82) is 0 Å². The van der Waals surface area contributed by atoms with Gasteiger partial charge in [0.1, 0.15) is 0 Å². The average Bonchev–Trinajstić information content (AvgIpc) is 2.47. The lowest BCUT2D eigenvalue weighted by Crippen LogP contribution is -2.06. The maximum Gasteiger partial charge on any atom is -0.00747 e. The summed E-state index contributed by atoms with van der Waals surface area (Å²) in [6.07, 6.45) is 3.48. The molecule has 0 spiro atoms. The van der Waals surface area contributed by atoms with Gasteiger partial charge in [-0.15, -0.1) is 0 Å². The summed E-state index contributed by atoms with van der Waals surface area (Å²) in [6.45, 7) is 3.08. The first-order valence-corrected chi connectivity index (χ1v) is 7.14. The number of nitrogens with two attached hydrogens (primary N) is 1. The smallest absolute Gasteiger partial charge is 0.00747 e. The zero-order chi connectivity index (χ0) is 13.5. The van der Waals surface area contributed by atoms with E-state index in [4.69, 9.17) is 5.73 Å². The van der Waals surface area contributed by atoms with Gasteiger partial charge < -0.3 is 5.73 Å². The number of hydrogen-bond acceptors (Lipinski definition) is 1. The van der Waals surface area contributed by atoms with Gasteiger partial charge in [0.2, 0.25) is 0 Å². The Morgan fingerprint density at radius 2 is 1.63 bits per heavy atom. The molecule has 0 aliphatic rings. The summed E-state index contributed by atoms with van der Waals surface area (Å²) in [5, 5.41) is 0. The maximum atomic E-state index is 5.60. The van der Waals surface area contributed by atoms with E-state index in [-0.39, 0.29) is 0 Å². The highest BCUT2D eigenvalue weighted by atomic mass is 14.5. The van der Waals surface area contributed by atoms with Crippen molar-refractivity contribution in [2.45, 2.75) is 26.2 Å². The van der Waals surface area contributed by atoms with Gasteiger partial charge in [-0.3, -0.25) is 0 Å². The van der Waals surface area contributed by atoms with Crippen molar-refractivity contribution in [3.8, 4) is 11.1 Å². The molecular weight excluding hydrogens is 230 g/mol. The van der Waals surface area contributed by atoms with Crippen LogP contribution in [0.3, 0.4) is 0 Å². The summed E-state index contributed by atoms with van der Waals surface area (Å²) >= 11 is 0. The van der Waals surface area contributed by atoms with Crippen molar-refractivity contribution in [3.05, 3.63) is 60.2 Å². The Morgan fingerprint density at radius 3 is 2.37 bits per heavy atom. The largest absolute Gasteiger partial charge is 0.330 e. The van der Waals surface area contributed by atoms with Crippen LogP contribution in [0.4, 0.5) is 0 Å². The molecule has 0 saturated carbocycles. The molecule has 0 amide bonds. The molecule has 0 radical (unpaired) electrons. The number of hydrogen-bond donors (Lipinski definition) is 1. The highest BCUT2D eigenvalue weighted by Gasteiger charge is 2.03. The quantitative estimate of drug-likeness (QED) is 0.817. The molecule has 2 aromatic rings. The van der Waals surface area contributed by atoms with Crippen molar-refractivity contribution in [2.75, 3.05) is 6.54 Å². The third-order valence-electron chi connectivity index (χ3n) is 3.62. The Labute approximate surface area is 116 Å². The van der Waals surface area contributed by atoms with Gasteiger partial charge in [-0.1, -0.05) is 61.5 Å². The van der Waals surface area contributed by atoms with E-state index in [1.54, 1.807) is 0 Å². The van der Waals surface area contributed by atoms with Crippen molar-refractivity contribution in [2.24, 2.45) is 11.7 Å². The van der Waals surface area contributed by atoms with Crippen LogP contribution in [0.5, 0.6) is 0 Å². The molecule has 19 heavy (non-hydrogen) atoms. The molecule has 0 fully saturated rings. The van der Waals surface area contributed by atoms with Crippen molar-refractivity contribution in [1.82, 2.24) is 0 Å². The van der Waals surface area contributed by atoms with Crippen LogP contribution in [0.15, 0.2) is 54.6 Å². The first kappa shape index (κ1) is 13.8. The Hall–Kier alpha value is -1.60. The van der Waals surface area contributed by atoms with Gasteiger partial charge in [0, 0.05) is 0 Å². The van der Waals surface area contributed by atoms with Gasteiger partial charge in [-0.25, -0.2) is 0 Å². The van der Waals surface area contributed by atoms with E-state index >= 15 is 0 Å². The molecule has 1 heteroatoms. The van der Waals surface area contributed by atoms with E-state index in [1.807, 2.05) is 0 Å². The predicted molar refractivity (Wildman–Crippen MR) is 83.0 cm³/mol. The summed E-state index contributed by atoms with van der Waals surface area (Å²) in [7, 11) is 0. The highest BCUT2D eigenvalue weighted by molar-refractivity contribution is 5.63. The third kappa shape index (κ3) is 4.22. The Morgan fingerprint density at radius 1 is 0.895 bits per heavy atom. The molecule has 1 nitrogen and oxygen atoms in total. The lowest BCUT2D eigenvalue weighted by molar-refractivity contribution is 0.500. The molecule has 0 heterocycles. The van der Waals surface area contributed by atoms with E-state index in [0.717, 1.165) is 19.4 Å². The van der Waals surface area contributed by atoms with Crippen LogP contribution in [0.2, 0.25) is 0 Å². The third-order valence-corrected chi connectivity index (χ3v) is 3.62. The van der Waals surface area contributed by atoms with Crippen LogP contribution in [0.25, 0.3) is 11.1 Å². The van der Waals surface area contributed by atoms with Gasteiger partial charge in [0.25, 0.3) is 0 Å². The molecule has 2 rings (SSSR count). The number of benzene rings is 2. The summed E-state index contributed by atoms with van der Waals surface area (Å²) in [5.74, 6) is 0.713. The standard InChI is InChI=1S/C18H23N/c1-15(12-13-19)10-11-16-6-5-9-18(14-16)17-7-3-2-4-8-17/h2-9,14-15H,10-13,19H2,1H3. The minimum atomic E-state index is 0.713. The Kier molecular flexibility index (Phi) is 5.17. The van der Waals surface area contributed by atoms with Gasteiger partial charge in [0.15, 0.2) is 0 Å². The topological polar surface area (TPSA) is 26.0 Å². The molecule has 0 saturated heterocycles. The van der Waals surface area contributed by atoms with E-state index in [2.05, 4.69) is 61.5 Å². The van der Waals surface area contributed by atoms with E-state index < -0.39 is 0 Å². The summed E-state index contributed by atoms with van der Waals surface area (Å²) in [5.41, 5.74) is 9.62. The first-order chi connectivity index (χ1) is 9.29. The van der Waals surface area contributed by atoms with Crippen LogP contribution < -0.4 is 5.73 Å². The SMILES string of the molecule is CC(CCN)CCc1cccc(-c2ccccc2)c1. The van der Waals surface area contributed by atoms with Crippen molar-refractivity contribution < 1.29 is 0 Å². The fourth-order valence-electron chi connectivity index (χ4n) is 2.38. The van der Waals surface area contributed by atoms with Crippen LogP contribution in [0, 0.1) is 5.92 Å². The van der Waals surface area contributed by atoms with Crippen molar-refractivity contribution >= 4 is 0 Å². The van der Waals surface area contributed by atoms with Gasteiger partial charge in [-0.2, -0.15) is 0 Å². The second-order valence-electron chi connectivity index (χ2n) is 5.29. The molecule has 0 aliphatic heterocycles. The molecule has 2 N–H and O–H groups in total. The number of aryl methyl sites for hydroxylation is 1. The van der Waals surface area contributed by atoms with Crippen molar-refractivity contribution in [3.63, 3.8) is 0 Å². The molecule has 0 aliphatic carbocycles. The zero-order valence-electron chi connectivity index (χ0n) is 11.7. The minimum absolute atomic E-state index is 0.713. The Bertz CT molecular complexity index is 490. The molecule has 0 bridgehead atoms.